The lowest BCUT2D eigenvalue weighted by Gasteiger charge is -2.49. The fourth-order valence-corrected chi connectivity index (χ4v) is 7.32. The fraction of sp³-hybridized carbons (Fsp3) is 0.417. The number of imide groups is 2. The van der Waals surface area contributed by atoms with Crippen molar-refractivity contribution in [2.75, 3.05) is 45.3 Å². The number of pyridine rings is 1. The molecular weight excluding hydrogens is 614 g/mol. The van der Waals surface area contributed by atoms with E-state index < -0.39 is 23.8 Å². The predicted molar refractivity (Wildman–Crippen MR) is 179 cm³/mol. The molecule has 3 aromatic rings. The molecule has 4 amide bonds. The quantitative estimate of drug-likeness (QED) is 0.273. The monoisotopic (exact) mass is 655 g/mol. The van der Waals surface area contributed by atoms with Crippen LogP contribution < -0.4 is 25.2 Å². The smallest absolute Gasteiger partial charge is 0.261 e. The standard InChI is InChI=1S/C36H41N5O7/c1-22-6-7-26(15-27(22)35(46)41(21-42)29-8-9-32(43)37-33(29)44)40-19-36(20-40)10-11-39(18-36)17-28-30(47-4)13-24(14-31(28)48-5)25-12-23(2)34(45)38(3)16-25/h6-7,12-16,21,29H,8-11,17-20H2,1-5H3,(H,37,43,44). The highest BCUT2D eigenvalue weighted by Gasteiger charge is 2.48. The van der Waals surface area contributed by atoms with Gasteiger partial charge in [0.1, 0.15) is 17.5 Å². The molecule has 48 heavy (non-hydrogen) atoms. The predicted octanol–water partition coefficient (Wildman–Crippen LogP) is 2.80. The van der Waals surface area contributed by atoms with Crippen molar-refractivity contribution >= 4 is 29.8 Å². The highest BCUT2D eigenvalue weighted by Crippen LogP contribution is 2.44. The van der Waals surface area contributed by atoms with Gasteiger partial charge in [-0.3, -0.25) is 39.1 Å². The number of benzene rings is 2. The SMILES string of the molecule is COc1cc(-c2cc(C)c(=O)n(C)c2)cc(OC)c1CN1CCC2(C1)CN(c1ccc(C)c(C(=O)N(C=O)C3CCC(=O)NC3=O)c1)C2. The molecule has 6 rings (SSSR count). The number of aromatic nitrogens is 1. The lowest BCUT2D eigenvalue weighted by molar-refractivity contribution is -0.139. The number of carbonyl (C=O) groups excluding carboxylic acids is 4. The minimum atomic E-state index is -1.02. The number of piperidine rings is 1. The molecule has 0 aliphatic carbocycles. The molecule has 1 unspecified atom stereocenters. The molecule has 2 aromatic carbocycles. The van der Waals surface area contributed by atoms with Gasteiger partial charge in [0.25, 0.3) is 11.5 Å². The van der Waals surface area contributed by atoms with Crippen LogP contribution in [0.2, 0.25) is 0 Å². The molecular formula is C36H41N5O7. The molecule has 1 atom stereocenters. The maximum absolute atomic E-state index is 13.5. The van der Waals surface area contributed by atoms with Crippen molar-refractivity contribution in [3.05, 3.63) is 75.2 Å². The normalized spacial score (nSPS) is 18.8. The first-order valence-corrected chi connectivity index (χ1v) is 16.1. The van der Waals surface area contributed by atoms with E-state index in [9.17, 15) is 24.0 Å². The van der Waals surface area contributed by atoms with Crippen LogP contribution in [0.1, 0.15) is 46.3 Å². The third-order valence-electron chi connectivity index (χ3n) is 9.97. The number of anilines is 1. The van der Waals surface area contributed by atoms with Gasteiger partial charge in [-0.15, -0.1) is 0 Å². The number of hydrogen-bond acceptors (Lipinski definition) is 9. The summed E-state index contributed by atoms with van der Waals surface area (Å²) in [5, 5.41) is 2.22. The van der Waals surface area contributed by atoms with Crippen LogP contribution in [0.25, 0.3) is 11.1 Å². The van der Waals surface area contributed by atoms with E-state index >= 15 is 0 Å². The van der Waals surface area contributed by atoms with Crippen LogP contribution in [0.3, 0.4) is 0 Å². The Kier molecular flexibility index (Phi) is 8.86. The Balaban J connectivity index is 1.14. The molecule has 0 saturated carbocycles. The zero-order valence-corrected chi connectivity index (χ0v) is 28.0. The highest BCUT2D eigenvalue weighted by molar-refractivity contribution is 6.08. The molecule has 12 heteroatoms. The third kappa shape index (κ3) is 6.08. The van der Waals surface area contributed by atoms with Crippen LogP contribution in [0.4, 0.5) is 5.69 Å². The number of ether oxygens (including phenoxy) is 2. The average Bonchev–Trinajstić information content (AvgIpc) is 3.48. The van der Waals surface area contributed by atoms with E-state index in [1.807, 2.05) is 43.5 Å². The largest absolute Gasteiger partial charge is 0.496 e. The average molecular weight is 656 g/mol. The lowest BCUT2D eigenvalue weighted by Crippen LogP contribution is -2.57. The zero-order chi connectivity index (χ0) is 34.3. The molecule has 0 radical (unpaired) electrons. The molecule has 0 bridgehead atoms. The second-order valence-electron chi connectivity index (χ2n) is 13.3. The zero-order valence-electron chi connectivity index (χ0n) is 28.0. The van der Waals surface area contributed by atoms with Gasteiger partial charge in [0.15, 0.2) is 0 Å². The maximum atomic E-state index is 13.5. The summed E-state index contributed by atoms with van der Waals surface area (Å²) in [6.07, 6.45) is 3.40. The number of aryl methyl sites for hydroxylation is 3. The van der Waals surface area contributed by atoms with Crippen LogP contribution in [-0.4, -0.2) is 84.9 Å². The second-order valence-corrected chi connectivity index (χ2v) is 13.3. The van der Waals surface area contributed by atoms with Gasteiger partial charge in [-0.25, -0.2) is 0 Å². The van der Waals surface area contributed by atoms with Crippen LogP contribution in [0, 0.1) is 19.3 Å². The van der Waals surface area contributed by atoms with Gasteiger partial charge in [0, 0.05) is 68.1 Å². The molecule has 3 aliphatic rings. The summed E-state index contributed by atoms with van der Waals surface area (Å²) in [5.41, 5.74) is 5.45. The van der Waals surface area contributed by atoms with Crippen LogP contribution in [-0.2, 0) is 28.0 Å². The first-order chi connectivity index (χ1) is 22.9. The molecule has 1 N–H and O–H groups in total. The second kappa shape index (κ2) is 12.9. The van der Waals surface area contributed by atoms with E-state index in [1.54, 1.807) is 38.8 Å². The molecule has 252 valence electrons. The summed E-state index contributed by atoms with van der Waals surface area (Å²) in [6.45, 7) is 7.72. The fourth-order valence-electron chi connectivity index (χ4n) is 7.32. The Morgan fingerprint density at radius 2 is 1.71 bits per heavy atom. The van der Waals surface area contributed by atoms with Crippen molar-refractivity contribution in [3.8, 4) is 22.6 Å². The topological polar surface area (TPSA) is 130 Å². The van der Waals surface area contributed by atoms with Gasteiger partial charge in [0.05, 0.1) is 19.8 Å². The Hall–Kier alpha value is -4.97. The van der Waals surface area contributed by atoms with Gasteiger partial charge in [-0.05, 0) is 80.3 Å². The van der Waals surface area contributed by atoms with Crippen molar-refractivity contribution in [1.82, 2.24) is 19.7 Å². The van der Waals surface area contributed by atoms with Gasteiger partial charge in [-0.2, -0.15) is 0 Å². The van der Waals surface area contributed by atoms with Crippen LogP contribution >= 0.6 is 0 Å². The molecule has 3 fully saturated rings. The number of likely N-dealkylation sites (tertiary alicyclic amines) is 1. The molecule has 1 spiro atoms. The van der Waals surface area contributed by atoms with Crippen molar-refractivity contribution in [2.24, 2.45) is 12.5 Å². The van der Waals surface area contributed by atoms with Crippen molar-refractivity contribution in [2.45, 2.75) is 45.7 Å². The summed E-state index contributed by atoms with van der Waals surface area (Å²) in [6, 6.07) is 10.5. The van der Waals surface area contributed by atoms with Gasteiger partial charge < -0.3 is 18.9 Å². The summed E-state index contributed by atoms with van der Waals surface area (Å²) in [7, 11) is 5.06. The van der Waals surface area contributed by atoms with E-state index in [4.69, 9.17) is 9.47 Å². The lowest BCUT2D eigenvalue weighted by atomic mass is 9.78. The Morgan fingerprint density at radius 1 is 1.00 bits per heavy atom. The third-order valence-corrected chi connectivity index (χ3v) is 9.97. The Bertz CT molecular complexity index is 1810. The van der Waals surface area contributed by atoms with E-state index in [2.05, 4.69) is 15.1 Å². The number of rotatable bonds is 9. The van der Waals surface area contributed by atoms with Crippen molar-refractivity contribution in [1.29, 1.82) is 0 Å². The highest BCUT2D eigenvalue weighted by atomic mass is 16.5. The molecule has 1 aromatic heterocycles. The minimum absolute atomic E-state index is 0.0301. The van der Waals surface area contributed by atoms with Crippen molar-refractivity contribution < 1.29 is 28.7 Å². The first-order valence-electron chi connectivity index (χ1n) is 16.1. The minimum Gasteiger partial charge on any atom is -0.496 e. The summed E-state index contributed by atoms with van der Waals surface area (Å²) >= 11 is 0. The van der Waals surface area contributed by atoms with E-state index in [-0.39, 0.29) is 23.8 Å². The first kappa shape index (κ1) is 33.0. The Morgan fingerprint density at radius 3 is 2.33 bits per heavy atom. The van der Waals surface area contributed by atoms with Gasteiger partial charge >= 0.3 is 0 Å². The molecule has 12 nitrogen and oxygen atoms in total. The van der Waals surface area contributed by atoms with Crippen LogP contribution in [0.5, 0.6) is 11.5 Å². The number of nitrogens with zero attached hydrogens (tertiary/aromatic N) is 4. The number of carbonyl (C=O) groups is 4. The van der Waals surface area contributed by atoms with Gasteiger partial charge in [0.2, 0.25) is 18.2 Å². The number of hydrogen-bond donors (Lipinski definition) is 1. The summed E-state index contributed by atoms with van der Waals surface area (Å²) < 4.78 is 13.3. The van der Waals surface area contributed by atoms with Gasteiger partial charge in [-0.1, -0.05) is 6.07 Å². The number of amides is 4. The summed E-state index contributed by atoms with van der Waals surface area (Å²) in [4.78, 5) is 67.3. The van der Waals surface area contributed by atoms with E-state index in [1.165, 1.54) is 0 Å². The number of methoxy groups -OCH3 is 2. The molecule has 3 saturated heterocycles. The van der Waals surface area contributed by atoms with E-state index in [0.717, 1.165) is 71.4 Å². The summed E-state index contributed by atoms with van der Waals surface area (Å²) in [5.74, 6) is -0.145. The van der Waals surface area contributed by atoms with Crippen LogP contribution in [0.15, 0.2) is 47.4 Å². The Labute approximate surface area is 279 Å². The molecule has 4 heterocycles. The molecule has 3 aliphatic heterocycles. The van der Waals surface area contributed by atoms with E-state index in [0.29, 0.717) is 29.6 Å². The van der Waals surface area contributed by atoms with Crippen molar-refractivity contribution in [3.63, 3.8) is 0 Å². The maximum Gasteiger partial charge on any atom is 0.261 e. The number of nitrogens with one attached hydrogen (secondary N) is 1.